The van der Waals surface area contributed by atoms with E-state index in [0.717, 1.165) is 0 Å². The number of imidazole rings is 1. The molecule has 1 aliphatic rings. The molecular weight excluding hydrogens is 254 g/mol. The number of aromatic nitrogens is 4. The standard InChI is InChI=1S/C10H13N5O2S/c1-4-5(16)2-6(17-4)15-3-12-7-8(15)13-10(11)14-9(7)18/h3-6,16H,2H2,1H3,(H3,11,13,14,18)/t4-,5+,6-/m1/s1. The van der Waals surface area contributed by atoms with Crippen molar-refractivity contribution < 1.29 is 9.84 Å². The zero-order chi connectivity index (χ0) is 12.9. The van der Waals surface area contributed by atoms with E-state index in [4.69, 9.17) is 22.7 Å². The Bertz CT molecular complexity index is 641. The second kappa shape index (κ2) is 4.01. The molecule has 8 heteroatoms. The molecule has 0 spiro atoms. The van der Waals surface area contributed by atoms with Gasteiger partial charge in [0.05, 0.1) is 18.5 Å². The number of anilines is 1. The summed E-state index contributed by atoms with van der Waals surface area (Å²) in [7, 11) is 0. The molecular formula is C10H13N5O2S. The van der Waals surface area contributed by atoms with Gasteiger partial charge >= 0.3 is 0 Å². The number of hydrogen-bond donors (Lipinski definition) is 3. The Morgan fingerprint density at radius 2 is 2.44 bits per heavy atom. The van der Waals surface area contributed by atoms with Crippen LogP contribution in [-0.4, -0.2) is 36.8 Å². The molecule has 1 aliphatic heterocycles. The Balaban J connectivity index is 2.11. The summed E-state index contributed by atoms with van der Waals surface area (Å²) in [6, 6.07) is 0. The summed E-state index contributed by atoms with van der Waals surface area (Å²) in [5, 5.41) is 9.72. The maximum Gasteiger partial charge on any atom is 0.200 e. The Labute approximate surface area is 108 Å². The minimum Gasteiger partial charge on any atom is -0.390 e. The van der Waals surface area contributed by atoms with Crippen molar-refractivity contribution in [2.45, 2.75) is 31.8 Å². The van der Waals surface area contributed by atoms with Gasteiger partial charge in [0.1, 0.15) is 17.4 Å². The molecule has 0 saturated carbocycles. The van der Waals surface area contributed by atoms with Gasteiger partial charge in [-0.2, -0.15) is 0 Å². The molecule has 0 radical (unpaired) electrons. The van der Waals surface area contributed by atoms with Crippen molar-refractivity contribution in [3.63, 3.8) is 0 Å². The van der Waals surface area contributed by atoms with Crippen molar-refractivity contribution in [3.05, 3.63) is 11.0 Å². The molecule has 0 amide bonds. The van der Waals surface area contributed by atoms with E-state index < -0.39 is 6.10 Å². The van der Waals surface area contributed by atoms with Crippen LogP contribution in [0.2, 0.25) is 0 Å². The SMILES string of the molecule is C[C@H]1O[C@@H](n2cnc3c(=S)nc(N)[nH]c32)C[C@@H]1O. The molecule has 0 aliphatic carbocycles. The summed E-state index contributed by atoms with van der Waals surface area (Å²) in [5.74, 6) is 0.237. The predicted molar refractivity (Wildman–Crippen MR) is 67.3 cm³/mol. The number of aliphatic hydroxyl groups is 1. The van der Waals surface area contributed by atoms with Crippen LogP contribution in [0.5, 0.6) is 0 Å². The van der Waals surface area contributed by atoms with Crippen LogP contribution in [0.4, 0.5) is 5.95 Å². The average molecular weight is 267 g/mol. The normalized spacial score (nSPS) is 28.0. The molecule has 96 valence electrons. The van der Waals surface area contributed by atoms with Crippen molar-refractivity contribution in [2.75, 3.05) is 5.73 Å². The lowest BCUT2D eigenvalue weighted by Crippen LogP contribution is -2.15. The third-order valence-electron chi connectivity index (χ3n) is 3.13. The number of ether oxygens (including phenoxy) is 1. The van der Waals surface area contributed by atoms with Crippen LogP contribution in [-0.2, 0) is 4.74 Å². The van der Waals surface area contributed by atoms with Crippen LogP contribution in [0, 0.1) is 4.64 Å². The van der Waals surface area contributed by atoms with Crippen molar-refractivity contribution >= 4 is 29.3 Å². The van der Waals surface area contributed by atoms with Crippen molar-refractivity contribution in [1.82, 2.24) is 19.5 Å². The molecule has 0 unspecified atom stereocenters. The molecule has 1 saturated heterocycles. The number of nitrogens with two attached hydrogens (primary N) is 1. The van der Waals surface area contributed by atoms with E-state index in [2.05, 4.69) is 15.0 Å². The fourth-order valence-electron chi connectivity index (χ4n) is 2.14. The number of aromatic amines is 1. The maximum atomic E-state index is 9.72. The van der Waals surface area contributed by atoms with Gasteiger partial charge in [0, 0.05) is 6.42 Å². The first-order chi connectivity index (χ1) is 8.56. The number of nitrogens with one attached hydrogen (secondary N) is 1. The third kappa shape index (κ3) is 1.69. The fraction of sp³-hybridized carbons (Fsp3) is 0.500. The third-order valence-corrected chi connectivity index (χ3v) is 3.42. The Kier molecular flexibility index (Phi) is 2.58. The number of nitrogen functional groups attached to an aromatic ring is 1. The molecule has 18 heavy (non-hydrogen) atoms. The van der Waals surface area contributed by atoms with Gasteiger partial charge in [-0.15, -0.1) is 0 Å². The number of aliphatic hydroxyl groups excluding tert-OH is 1. The molecule has 3 atom stereocenters. The van der Waals surface area contributed by atoms with Crippen molar-refractivity contribution in [2.24, 2.45) is 0 Å². The largest absolute Gasteiger partial charge is 0.390 e. The second-order valence-corrected chi connectivity index (χ2v) is 4.76. The van der Waals surface area contributed by atoms with Gasteiger partial charge in [0.2, 0.25) is 0 Å². The van der Waals surface area contributed by atoms with Gasteiger partial charge in [-0.25, -0.2) is 9.97 Å². The first kappa shape index (κ1) is 11.6. The monoisotopic (exact) mass is 267 g/mol. The van der Waals surface area contributed by atoms with Crippen molar-refractivity contribution in [1.29, 1.82) is 0 Å². The smallest absolute Gasteiger partial charge is 0.200 e. The highest BCUT2D eigenvalue weighted by Crippen LogP contribution is 2.30. The highest BCUT2D eigenvalue weighted by Gasteiger charge is 2.32. The summed E-state index contributed by atoms with van der Waals surface area (Å²) in [4.78, 5) is 11.1. The maximum absolute atomic E-state index is 9.72. The number of fused-ring (bicyclic) bond motifs is 1. The molecule has 2 aromatic rings. The average Bonchev–Trinajstić information content (AvgIpc) is 2.83. The van der Waals surface area contributed by atoms with Gasteiger partial charge in [-0.05, 0) is 6.92 Å². The quantitative estimate of drug-likeness (QED) is 0.659. The summed E-state index contributed by atoms with van der Waals surface area (Å²) in [6.45, 7) is 1.84. The molecule has 3 rings (SSSR count). The highest BCUT2D eigenvalue weighted by atomic mass is 32.1. The Morgan fingerprint density at radius 3 is 3.11 bits per heavy atom. The van der Waals surface area contributed by atoms with Gasteiger partial charge in [0.15, 0.2) is 10.6 Å². The van der Waals surface area contributed by atoms with Crippen LogP contribution < -0.4 is 5.73 Å². The van der Waals surface area contributed by atoms with E-state index in [-0.39, 0.29) is 18.3 Å². The van der Waals surface area contributed by atoms with Crippen LogP contribution in [0.1, 0.15) is 19.6 Å². The molecule has 3 heterocycles. The van der Waals surface area contributed by atoms with E-state index in [9.17, 15) is 5.11 Å². The molecule has 7 nitrogen and oxygen atoms in total. The molecule has 0 bridgehead atoms. The van der Waals surface area contributed by atoms with Crippen LogP contribution in [0.15, 0.2) is 6.33 Å². The van der Waals surface area contributed by atoms with Crippen molar-refractivity contribution in [3.8, 4) is 0 Å². The zero-order valence-electron chi connectivity index (χ0n) is 9.70. The van der Waals surface area contributed by atoms with Gasteiger partial charge < -0.3 is 20.6 Å². The fourth-order valence-corrected chi connectivity index (χ4v) is 2.39. The first-order valence-corrected chi connectivity index (χ1v) is 6.03. The highest BCUT2D eigenvalue weighted by molar-refractivity contribution is 7.71. The van der Waals surface area contributed by atoms with E-state index in [0.29, 0.717) is 22.2 Å². The molecule has 0 aromatic carbocycles. The van der Waals surface area contributed by atoms with Gasteiger partial charge in [0.25, 0.3) is 0 Å². The molecule has 2 aromatic heterocycles. The predicted octanol–water partition coefficient (Wildman–Crippen LogP) is 0.739. The Hall–Kier alpha value is -1.51. The lowest BCUT2D eigenvalue weighted by molar-refractivity contribution is -0.00631. The zero-order valence-corrected chi connectivity index (χ0v) is 10.5. The number of nitrogens with zero attached hydrogens (tertiary/aromatic N) is 3. The lowest BCUT2D eigenvalue weighted by atomic mass is 10.2. The summed E-state index contributed by atoms with van der Waals surface area (Å²) in [6.07, 6.45) is 1.18. The van der Waals surface area contributed by atoms with Gasteiger partial charge in [-0.3, -0.25) is 4.57 Å². The van der Waals surface area contributed by atoms with Crippen LogP contribution >= 0.6 is 12.2 Å². The number of hydrogen-bond acceptors (Lipinski definition) is 6. The minimum absolute atomic E-state index is 0.199. The van der Waals surface area contributed by atoms with Crippen LogP contribution in [0.25, 0.3) is 11.2 Å². The van der Waals surface area contributed by atoms with E-state index in [1.807, 2.05) is 6.92 Å². The lowest BCUT2D eigenvalue weighted by Gasteiger charge is -2.12. The van der Waals surface area contributed by atoms with E-state index >= 15 is 0 Å². The number of H-pyrrole nitrogens is 1. The molecule has 4 N–H and O–H groups in total. The summed E-state index contributed by atoms with van der Waals surface area (Å²) in [5.41, 5.74) is 6.89. The van der Waals surface area contributed by atoms with E-state index in [1.165, 1.54) is 0 Å². The molecule has 1 fully saturated rings. The second-order valence-electron chi connectivity index (χ2n) is 4.38. The first-order valence-electron chi connectivity index (χ1n) is 5.62. The Morgan fingerprint density at radius 1 is 1.67 bits per heavy atom. The summed E-state index contributed by atoms with van der Waals surface area (Å²) >= 11 is 5.10. The van der Waals surface area contributed by atoms with E-state index in [1.54, 1.807) is 10.9 Å². The minimum atomic E-state index is -0.477. The van der Waals surface area contributed by atoms with Gasteiger partial charge in [-0.1, -0.05) is 12.2 Å². The number of rotatable bonds is 1. The van der Waals surface area contributed by atoms with Crippen LogP contribution in [0.3, 0.4) is 0 Å². The topological polar surface area (TPSA) is 102 Å². The summed E-state index contributed by atoms with van der Waals surface area (Å²) < 4.78 is 7.80.